The van der Waals surface area contributed by atoms with E-state index in [9.17, 15) is 5.11 Å². The number of rotatable bonds is 5. The number of nitrogens with two attached hydrogens (primary N) is 1. The molecule has 0 heterocycles. The monoisotopic (exact) mass is 262 g/mol. The van der Waals surface area contributed by atoms with Crippen LogP contribution in [0.3, 0.4) is 0 Å². The Morgan fingerprint density at radius 2 is 2.06 bits per heavy atom. The van der Waals surface area contributed by atoms with Gasteiger partial charge in [0, 0.05) is 19.6 Å². The SMILES string of the molecule is CN(Cc1ccc(Cl)c(Cl)c1)CC(O)CN. The van der Waals surface area contributed by atoms with Gasteiger partial charge in [-0.15, -0.1) is 0 Å². The minimum Gasteiger partial charge on any atom is -0.390 e. The average molecular weight is 263 g/mol. The maximum Gasteiger partial charge on any atom is 0.0789 e. The molecule has 5 heteroatoms. The molecule has 1 aromatic carbocycles. The van der Waals surface area contributed by atoms with Crippen LogP contribution in [0.5, 0.6) is 0 Å². The summed E-state index contributed by atoms with van der Waals surface area (Å²) >= 11 is 11.7. The van der Waals surface area contributed by atoms with Crippen LogP contribution >= 0.6 is 23.2 Å². The molecule has 0 aliphatic heterocycles. The molecule has 0 aliphatic rings. The van der Waals surface area contributed by atoms with Crippen molar-refractivity contribution in [1.82, 2.24) is 4.90 Å². The highest BCUT2D eigenvalue weighted by atomic mass is 35.5. The molecule has 0 bridgehead atoms. The van der Waals surface area contributed by atoms with Crippen molar-refractivity contribution in [3.05, 3.63) is 33.8 Å². The molecule has 0 fully saturated rings. The van der Waals surface area contributed by atoms with Crippen LogP contribution in [0.1, 0.15) is 5.56 Å². The predicted octanol–water partition coefficient (Wildman–Crippen LogP) is 1.74. The van der Waals surface area contributed by atoms with Crippen LogP contribution in [0.15, 0.2) is 18.2 Å². The normalized spacial score (nSPS) is 13.1. The lowest BCUT2D eigenvalue weighted by Crippen LogP contribution is -2.33. The second-order valence-corrected chi connectivity index (χ2v) is 4.65. The number of hydrogen-bond acceptors (Lipinski definition) is 3. The smallest absolute Gasteiger partial charge is 0.0789 e. The van der Waals surface area contributed by atoms with E-state index >= 15 is 0 Å². The van der Waals surface area contributed by atoms with Crippen molar-refractivity contribution in [1.29, 1.82) is 0 Å². The lowest BCUT2D eigenvalue weighted by atomic mass is 10.2. The molecule has 3 N–H and O–H groups in total. The molecule has 1 atom stereocenters. The van der Waals surface area contributed by atoms with E-state index in [0.717, 1.165) is 5.56 Å². The topological polar surface area (TPSA) is 49.5 Å². The molecule has 1 aromatic rings. The molecule has 90 valence electrons. The van der Waals surface area contributed by atoms with Gasteiger partial charge in [-0.3, -0.25) is 4.90 Å². The van der Waals surface area contributed by atoms with Crippen molar-refractivity contribution in [2.45, 2.75) is 12.6 Å². The largest absolute Gasteiger partial charge is 0.390 e. The van der Waals surface area contributed by atoms with E-state index in [2.05, 4.69) is 0 Å². The number of nitrogens with zero attached hydrogens (tertiary/aromatic N) is 1. The highest BCUT2D eigenvalue weighted by Gasteiger charge is 2.07. The van der Waals surface area contributed by atoms with Gasteiger partial charge in [0.05, 0.1) is 16.1 Å². The molecule has 0 radical (unpaired) electrons. The number of halogens is 2. The first-order valence-electron chi connectivity index (χ1n) is 5.03. The van der Waals surface area contributed by atoms with Gasteiger partial charge >= 0.3 is 0 Å². The Balaban J connectivity index is 2.56. The van der Waals surface area contributed by atoms with Crippen LogP contribution in [0.25, 0.3) is 0 Å². The van der Waals surface area contributed by atoms with E-state index < -0.39 is 6.10 Å². The molecule has 1 rings (SSSR count). The Morgan fingerprint density at radius 1 is 1.38 bits per heavy atom. The number of aliphatic hydroxyl groups excluding tert-OH is 1. The van der Waals surface area contributed by atoms with Gasteiger partial charge in [-0.05, 0) is 24.7 Å². The molecule has 0 aliphatic carbocycles. The summed E-state index contributed by atoms with van der Waals surface area (Å²) in [4.78, 5) is 1.98. The summed E-state index contributed by atoms with van der Waals surface area (Å²) in [5.41, 5.74) is 6.40. The van der Waals surface area contributed by atoms with E-state index in [1.807, 2.05) is 24.1 Å². The Labute approximate surface area is 106 Å². The third kappa shape index (κ3) is 4.28. The van der Waals surface area contributed by atoms with Crippen LogP contribution < -0.4 is 5.73 Å². The zero-order valence-corrected chi connectivity index (χ0v) is 10.7. The van der Waals surface area contributed by atoms with Crippen molar-refractivity contribution in [2.24, 2.45) is 5.73 Å². The second-order valence-electron chi connectivity index (χ2n) is 3.83. The molecule has 0 saturated carbocycles. The molecular weight excluding hydrogens is 247 g/mol. The zero-order valence-electron chi connectivity index (χ0n) is 9.16. The first kappa shape index (κ1) is 13.7. The summed E-state index contributed by atoms with van der Waals surface area (Å²) in [5, 5.41) is 10.5. The van der Waals surface area contributed by atoms with Gasteiger partial charge in [0.25, 0.3) is 0 Å². The second kappa shape index (κ2) is 6.42. The maximum absolute atomic E-state index is 9.39. The average Bonchev–Trinajstić information content (AvgIpc) is 2.23. The minimum absolute atomic E-state index is 0.270. The predicted molar refractivity (Wildman–Crippen MR) is 67.9 cm³/mol. The van der Waals surface area contributed by atoms with E-state index in [-0.39, 0.29) is 6.54 Å². The van der Waals surface area contributed by atoms with Crippen LogP contribution in [0, 0.1) is 0 Å². The van der Waals surface area contributed by atoms with Gasteiger partial charge in [0.1, 0.15) is 0 Å². The Hall–Kier alpha value is -0.320. The number of benzene rings is 1. The summed E-state index contributed by atoms with van der Waals surface area (Å²) < 4.78 is 0. The lowest BCUT2D eigenvalue weighted by Gasteiger charge is -2.19. The van der Waals surface area contributed by atoms with Crippen molar-refractivity contribution in [3.8, 4) is 0 Å². The number of hydrogen-bond donors (Lipinski definition) is 2. The van der Waals surface area contributed by atoms with Gasteiger partial charge in [-0.25, -0.2) is 0 Å². The van der Waals surface area contributed by atoms with Gasteiger partial charge in [0.2, 0.25) is 0 Å². The third-order valence-corrected chi connectivity index (χ3v) is 2.97. The summed E-state index contributed by atoms with van der Waals surface area (Å²) in [5.74, 6) is 0. The fourth-order valence-electron chi connectivity index (χ4n) is 1.45. The van der Waals surface area contributed by atoms with E-state index in [1.165, 1.54) is 0 Å². The number of likely N-dealkylation sites (N-methyl/N-ethyl adjacent to an activating group) is 1. The van der Waals surface area contributed by atoms with Gasteiger partial charge in [0.15, 0.2) is 0 Å². The molecule has 0 saturated heterocycles. The Morgan fingerprint density at radius 3 is 2.62 bits per heavy atom. The summed E-state index contributed by atoms with van der Waals surface area (Å²) in [6.45, 7) is 1.51. The van der Waals surface area contributed by atoms with Crippen LogP contribution in [0.4, 0.5) is 0 Å². The first-order valence-corrected chi connectivity index (χ1v) is 5.79. The molecular formula is C11H16Cl2N2O. The van der Waals surface area contributed by atoms with Crippen molar-refractivity contribution >= 4 is 23.2 Å². The molecule has 16 heavy (non-hydrogen) atoms. The van der Waals surface area contributed by atoms with Crippen molar-refractivity contribution in [3.63, 3.8) is 0 Å². The minimum atomic E-state index is -0.493. The fraction of sp³-hybridized carbons (Fsp3) is 0.455. The first-order chi connectivity index (χ1) is 7.52. The Kier molecular flexibility index (Phi) is 5.52. The highest BCUT2D eigenvalue weighted by Crippen LogP contribution is 2.23. The van der Waals surface area contributed by atoms with Gasteiger partial charge in [-0.1, -0.05) is 29.3 Å². The van der Waals surface area contributed by atoms with Crippen LogP contribution in [0.2, 0.25) is 10.0 Å². The van der Waals surface area contributed by atoms with E-state index in [4.69, 9.17) is 28.9 Å². The fourth-order valence-corrected chi connectivity index (χ4v) is 1.77. The zero-order chi connectivity index (χ0) is 12.1. The van der Waals surface area contributed by atoms with Crippen molar-refractivity contribution in [2.75, 3.05) is 20.1 Å². The summed E-state index contributed by atoms with van der Waals surface area (Å²) in [7, 11) is 1.92. The van der Waals surface area contributed by atoms with Crippen molar-refractivity contribution < 1.29 is 5.11 Å². The van der Waals surface area contributed by atoms with Gasteiger partial charge in [-0.2, -0.15) is 0 Å². The van der Waals surface area contributed by atoms with Crippen LogP contribution in [-0.4, -0.2) is 36.2 Å². The summed E-state index contributed by atoms with van der Waals surface area (Å²) in [6.07, 6.45) is -0.493. The molecule has 1 unspecified atom stereocenters. The van der Waals surface area contributed by atoms with Crippen LogP contribution in [-0.2, 0) is 6.54 Å². The quantitative estimate of drug-likeness (QED) is 0.850. The lowest BCUT2D eigenvalue weighted by molar-refractivity contribution is 0.129. The molecule has 0 spiro atoms. The maximum atomic E-state index is 9.39. The standard InChI is InChI=1S/C11H16Cl2N2O/c1-15(7-9(16)5-14)6-8-2-3-10(12)11(13)4-8/h2-4,9,16H,5-7,14H2,1H3. The summed E-state index contributed by atoms with van der Waals surface area (Å²) in [6, 6.07) is 5.52. The van der Waals surface area contributed by atoms with E-state index in [0.29, 0.717) is 23.1 Å². The number of aliphatic hydroxyl groups is 1. The molecule has 3 nitrogen and oxygen atoms in total. The highest BCUT2D eigenvalue weighted by molar-refractivity contribution is 6.42. The molecule has 0 aromatic heterocycles. The van der Waals surface area contributed by atoms with Gasteiger partial charge < -0.3 is 10.8 Å². The Bertz CT molecular complexity index is 347. The molecule has 0 amide bonds. The van der Waals surface area contributed by atoms with E-state index in [1.54, 1.807) is 6.07 Å². The third-order valence-electron chi connectivity index (χ3n) is 2.23.